The first-order chi connectivity index (χ1) is 7.43. The van der Waals surface area contributed by atoms with Crippen LogP contribution in [0.1, 0.15) is 0 Å². The smallest absolute Gasteiger partial charge is 0.182 e. The zero-order valence-corrected chi connectivity index (χ0v) is 7.49. The number of aromatic amines is 1. The maximum absolute atomic E-state index is 4.06. The summed E-state index contributed by atoms with van der Waals surface area (Å²) in [5.41, 5.74) is 4.20. The van der Waals surface area contributed by atoms with Crippen LogP contribution < -0.4 is 5.43 Å². The molecule has 0 amide bonds. The molecule has 3 heterocycles. The van der Waals surface area contributed by atoms with Gasteiger partial charge in [-0.25, -0.2) is 20.4 Å². The van der Waals surface area contributed by atoms with Gasteiger partial charge in [-0.15, -0.1) is 10.2 Å². The molecule has 0 spiro atoms. The second-order valence-electron chi connectivity index (χ2n) is 2.75. The van der Waals surface area contributed by atoms with Gasteiger partial charge < -0.3 is 4.98 Å². The molecule has 0 aliphatic heterocycles. The van der Waals surface area contributed by atoms with E-state index >= 15 is 0 Å². The predicted octanol–water partition coefficient (Wildman–Crippen LogP) is -0.180. The molecule has 0 fully saturated rings. The van der Waals surface area contributed by atoms with Crippen LogP contribution >= 0.6 is 0 Å². The van der Waals surface area contributed by atoms with Crippen LogP contribution in [0, 0.1) is 0 Å². The molecule has 8 nitrogen and oxygen atoms in total. The number of H-pyrrole nitrogens is 1. The summed E-state index contributed by atoms with van der Waals surface area (Å²) < 4.78 is 0. The number of anilines is 1. The predicted molar refractivity (Wildman–Crippen MR) is 50.7 cm³/mol. The highest BCUT2D eigenvalue weighted by Gasteiger charge is 2.05. The van der Waals surface area contributed by atoms with E-state index in [9.17, 15) is 0 Å². The Morgan fingerprint density at radius 3 is 2.87 bits per heavy atom. The lowest BCUT2D eigenvalue weighted by Gasteiger charge is -2.02. The molecule has 2 N–H and O–H groups in total. The summed E-state index contributed by atoms with van der Waals surface area (Å²) in [5.74, 6) is 0.578. The Bertz CT molecular complexity index is 567. The van der Waals surface area contributed by atoms with Gasteiger partial charge in [0.1, 0.15) is 11.8 Å². The first-order valence-electron chi connectivity index (χ1n) is 4.21. The van der Waals surface area contributed by atoms with Crippen molar-refractivity contribution in [3.05, 3.63) is 25.0 Å². The van der Waals surface area contributed by atoms with Crippen LogP contribution in [-0.4, -0.2) is 35.0 Å². The number of rotatable bonds is 2. The lowest BCUT2D eigenvalue weighted by Crippen LogP contribution is -2.13. The van der Waals surface area contributed by atoms with Gasteiger partial charge in [-0.1, -0.05) is 4.91 Å². The molecule has 3 rings (SSSR count). The number of nitrogens with one attached hydrogen (secondary N) is 2. The van der Waals surface area contributed by atoms with Crippen molar-refractivity contribution in [2.24, 2.45) is 0 Å². The van der Waals surface area contributed by atoms with Gasteiger partial charge in [0, 0.05) is 0 Å². The Balaban J connectivity index is 2.07. The van der Waals surface area contributed by atoms with Gasteiger partial charge in [-0.3, -0.25) is 0 Å². The van der Waals surface area contributed by atoms with Crippen molar-refractivity contribution in [2.45, 2.75) is 0 Å². The minimum atomic E-state index is 0.578. The van der Waals surface area contributed by atoms with E-state index in [4.69, 9.17) is 0 Å². The molecule has 0 saturated heterocycles. The molecule has 3 aromatic heterocycles. The van der Waals surface area contributed by atoms with Crippen molar-refractivity contribution in [3.8, 4) is 0 Å². The zero-order valence-electron chi connectivity index (χ0n) is 7.49. The quantitative estimate of drug-likeness (QED) is 0.598. The van der Waals surface area contributed by atoms with E-state index in [0.717, 1.165) is 5.52 Å². The van der Waals surface area contributed by atoms with Crippen molar-refractivity contribution in [1.29, 1.82) is 0 Å². The Labute approximate surface area is 83.4 Å². The van der Waals surface area contributed by atoms with Crippen LogP contribution in [0.4, 0.5) is 5.82 Å². The maximum Gasteiger partial charge on any atom is 0.182 e. The highest BCUT2D eigenvalue weighted by atomic mass is 15.7. The average Bonchev–Trinajstić information content (AvgIpc) is 2.87. The third kappa shape index (κ3) is 1.27. The minimum absolute atomic E-state index is 0.578. The van der Waals surface area contributed by atoms with E-state index in [1.54, 1.807) is 18.7 Å². The molecule has 0 aliphatic carbocycles. The lowest BCUT2D eigenvalue weighted by molar-refractivity contribution is 0.682. The normalized spacial score (nSPS) is 10.7. The van der Waals surface area contributed by atoms with Gasteiger partial charge in [0.25, 0.3) is 0 Å². The van der Waals surface area contributed by atoms with Crippen LogP contribution in [-0.2, 0) is 0 Å². The molecule has 0 aliphatic rings. The fraction of sp³-hybridized carbons (Fsp3) is 0. The Kier molecular flexibility index (Phi) is 1.58. The van der Waals surface area contributed by atoms with Gasteiger partial charge in [-0.2, -0.15) is 0 Å². The molecule has 0 saturated carbocycles. The maximum atomic E-state index is 4.06. The summed E-state index contributed by atoms with van der Waals surface area (Å²) >= 11 is 0. The van der Waals surface area contributed by atoms with E-state index in [-0.39, 0.29) is 0 Å². The first-order valence-corrected chi connectivity index (χ1v) is 4.21. The van der Waals surface area contributed by atoms with E-state index < -0.39 is 0 Å². The van der Waals surface area contributed by atoms with Gasteiger partial charge in [0.05, 0.1) is 18.7 Å². The summed E-state index contributed by atoms with van der Waals surface area (Å²) in [4.78, 5) is 16.3. The van der Waals surface area contributed by atoms with Crippen LogP contribution in [0.3, 0.4) is 0 Å². The van der Waals surface area contributed by atoms with Crippen LogP contribution in [0.15, 0.2) is 25.0 Å². The van der Waals surface area contributed by atoms with Crippen LogP contribution in [0.2, 0.25) is 0 Å². The molecule has 15 heavy (non-hydrogen) atoms. The molecular weight excluding hydrogens is 196 g/mol. The molecule has 0 unspecified atom stereocenters. The number of fused-ring (bicyclic) bond motifs is 1. The summed E-state index contributed by atoms with van der Waals surface area (Å²) in [5, 5.41) is 7.80. The summed E-state index contributed by atoms with van der Waals surface area (Å²) in [6.45, 7) is 0. The Morgan fingerprint density at radius 2 is 2.00 bits per heavy atom. The van der Waals surface area contributed by atoms with Gasteiger partial charge >= 0.3 is 0 Å². The van der Waals surface area contributed by atoms with E-state index in [1.807, 2.05) is 0 Å². The van der Waals surface area contributed by atoms with Crippen molar-refractivity contribution in [3.63, 3.8) is 0 Å². The fourth-order valence-electron chi connectivity index (χ4n) is 1.22. The second kappa shape index (κ2) is 3.01. The average molecular weight is 202 g/mol. The third-order valence-corrected chi connectivity index (χ3v) is 1.85. The van der Waals surface area contributed by atoms with Gasteiger partial charge in [0.15, 0.2) is 11.5 Å². The van der Waals surface area contributed by atoms with Crippen molar-refractivity contribution >= 4 is 17.0 Å². The second-order valence-corrected chi connectivity index (χ2v) is 2.75. The highest BCUT2D eigenvalue weighted by Crippen LogP contribution is 2.13. The largest absolute Gasteiger partial charge is 0.340 e. The van der Waals surface area contributed by atoms with Crippen LogP contribution in [0.25, 0.3) is 11.2 Å². The standard InChI is InChI=1S/C7H6N8/c1-2-13-15(12-1)14-7-5-6(9-3-8-5)10-4-11-7/h1-4H,(H2,8,9,10,11,14). The zero-order chi connectivity index (χ0) is 10.1. The molecule has 0 atom stereocenters. The van der Waals surface area contributed by atoms with E-state index in [2.05, 4.69) is 35.6 Å². The van der Waals surface area contributed by atoms with Crippen LogP contribution in [0.5, 0.6) is 0 Å². The van der Waals surface area contributed by atoms with Gasteiger partial charge in [0.2, 0.25) is 0 Å². The van der Waals surface area contributed by atoms with E-state index in [0.29, 0.717) is 11.5 Å². The molecule has 3 aromatic rings. The number of aromatic nitrogens is 7. The number of imidazole rings is 1. The van der Waals surface area contributed by atoms with E-state index in [1.165, 1.54) is 11.2 Å². The molecule has 0 aromatic carbocycles. The Hall–Kier alpha value is -2.51. The SMILES string of the molecule is c1nc(Nn2nccn2)c2[nH]cnc2n1. The van der Waals surface area contributed by atoms with Gasteiger partial charge in [-0.05, 0) is 0 Å². The van der Waals surface area contributed by atoms with Crippen molar-refractivity contribution < 1.29 is 0 Å². The monoisotopic (exact) mass is 202 g/mol. The molecule has 8 heteroatoms. The highest BCUT2D eigenvalue weighted by molar-refractivity contribution is 5.81. The number of nitrogens with zero attached hydrogens (tertiary/aromatic N) is 6. The minimum Gasteiger partial charge on any atom is -0.340 e. The number of hydrogen-bond donors (Lipinski definition) is 2. The third-order valence-electron chi connectivity index (χ3n) is 1.85. The topological polar surface area (TPSA) is 97.2 Å². The lowest BCUT2D eigenvalue weighted by atomic mass is 10.5. The molecular formula is C7H6N8. The molecule has 74 valence electrons. The molecule has 0 bridgehead atoms. The van der Waals surface area contributed by atoms with Crippen molar-refractivity contribution in [1.82, 2.24) is 35.0 Å². The first kappa shape index (κ1) is 7.85. The number of hydrogen-bond acceptors (Lipinski definition) is 6. The Morgan fingerprint density at radius 1 is 1.13 bits per heavy atom. The fourth-order valence-corrected chi connectivity index (χ4v) is 1.22. The summed E-state index contributed by atoms with van der Waals surface area (Å²) in [7, 11) is 0. The molecule has 0 radical (unpaired) electrons. The summed E-state index contributed by atoms with van der Waals surface area (Å²) in [6.07, 6.45) is 6.12. The summed E-state index contributed by atoms with van der Waals surface area (Å²) in [6, 6.07) is 0. The van der Waals surface area contributed by atoms with Crippen molar-refractivity contribution in [2.75, 3.05) is 5.43 Å².